The van der Waals surface area contributed by atoms with Crippen LogP contribution in [0, 0.1) is 10.1 Å². The van der Waals surface area contributed by atoms with Crippen LogP contribution in [0.4, 0.5) is 5.69 Å². The zero-order chi connectivity index (χ0) is 25.1. The van der Waals surface area contributed by atoms with E-state index in [1.54, 1.807) is 46.0 Å². The van der Waals surface area contributed by atoms with Gasteiger partial charge in [-0.2, -0.15) is 0 Å². The molecule has 0 saturated carbocycles. The molecule has 0 fully saturated rings. The van der Waals surface area contributed by atoms with Crippen molar-refractivity contribution in [1.29, 1.82) is 0 Å². The molecule has 4 aromatic rings. The minimum Gasteiger partial charge on any atom is -0.383 e. The van der Waals surface area contributed by atoms with Gasteiger partial charge in [0.15, 0.2) is 0 Å². The Bertz CT molecular complexity index is 1470. The van der Waals surface area contributed by atoms with E-state index < -0.39 is 4.92 Å². The lowest BCUT2D eigenvalue weighted by Crippen LogP contribution is -2.22. The summed E-state index contributed by atoms with van der Waals surface area (Å²) in [7, 11) is 3.69. The summed E-state index contributed by atoms with van der Waals surface area (Å²) in [5, 5.41) is 12.1. The molecule has 7 nitrogen and oxygen atoms in total. The number of nitro groups is 1. The summed E-state index contributed by atoms with van der Waals surface area (Å²) in [4.78, 5) is 31.5. The Kier molecular flexibility index (Phi) is 6.78. The van der Waals surface area contributed by atoms with Crippen LogP contribution in [0.1, 0.15) is 37.3 Å². The number of fused-ring (bicyclic) bond motifs is 1. The van der Waals surface area contributed by atoms with Crippen LogP contribution in [0.3, 0.4) is 0 Å². The van der Waals surface area contributed by atoms with Gasteiger partial charge < -0.3 is 4.90 Å². The number of benzene rings is 3. The molecular formula is C28H28N4O3. The summed E-state index contributed by atoms with van der Waals surface area (Å²) >= 11 is 0. The normalized spacial score (nSPS) is 12.2. The van der Waals surface area contributed by atoms with E-state index in [9.17, 15) is 14.9 Å². The van der Waals surface area contributed by atoms with E-state index in [0.717, 1.165) is 6.42 Å². The monoisotopic (exact) mass is 468 g/mol. The maximum absolute atomic E-state index is 13.7. The fourth-order valence-electron chi connectivity index (χ4n) is 3.98. The first kappa shape index (κ1) is 23.9. The second-order valence-electron chi connectivity index (χ2n) is 8.80. The van der Waals surface area contributed by atoms with Gasteiger partial charge in [-0.3, -0.25) is 19.5 Å². The Balaban J connectivity index is 1.98. The van der Waals surface area contributed by atoms with Crippen LogP contribution in [0.5, 0.6) is 0 Å². The highest BCUT2D eigenvalue weighted by atomic mass is 16.6. The van der Waals surface area contributed by atoms with Gasteiger partial charge in [-0.1, -0.05) is 38.1 Å². The molecule has 0 saturated heterocycles. The first-order valence-corrected chi connectivity index (χ1v) is 11.6. The van der Waals surface area contributed by atoms with Crippen molar-refractivity contribution in [3.63, 3.8) is 0 Å². The maximum Gasteiger partial charge on any atom is 0.276 e. The summed E-state index contributed by atoms with van der Waals surface area (Å²) in [6.07, 6.45) is 4.46. The standard InChI is InChI=1S/C28H28N4O3/c1-5-19(2)20-10-13-23(14-11-20)31-27(29-25-9-7-6-8-24(25)28(31)33)22-12-15-26(32(34)35)21(18-22)16-17-30(3)4/h6-19H,5H2,1-4H3. The van der Waals surface area contributed by atoms with Gasteiger partial charge in [0.25, 0.3) is 11.2 Å². The number of hydrogen-bond donors (Lipinski definition) is 0. The summed E-state index contributed by atoms with van der Waals surface area (Å²) in [5.74, 6) is 0.843. The van der Waals surface area contributed by atoms with Gasteiger partial charge in [0.2, 0.25) is 0 Å². The lowest BCUT2D eigenvalue weighted by molar-refractivity contribution is -0.385. The third-order valence-corrected chi connectivity index (χ3v) is 6.14. The molecule has 3 aromatic carbocycles. The second kappa shape index (κ2) is 9.93. The molecular weight excluding hydrogens is 440 g/mol. The van der Waals surface area contributed by atoms with Crippen molar-refractivity contribution in [3.05, 3.63) is 105 Å². The lowest BCUT2D eigenvalue weighted by atomic mass is 9.98. The first-order chi connectivity index (χ1) is 16.8. The van der Waals surface area contributed by atoms with E-state index in [2.05, 4.69) is 13.8 Å². The molecule has 1 atom stereocenters. The highest BCUT2D eigenvalue weighted by Crippen LogP contribution is 2.29. The SMILES string of the molecule is CCC(C)c1ccc(-n2c(-c3ccc([N+](=O)[O-])c(C=CN(C)C)c3)nc3ccccc3c2=O)cc1. The van der Waals surface area contributed by atoms with E-state index in [-0.39, 0.29) is 11.2 Å². The van der Waals surface area contributed by atoms with Crippen LogP contribution in [-0.2, 0) is 0 Å². The fourth-order valence-corrected chi connectivity index (χ4v) is 3.98. The Hall–Kier alpha value is -4.26. The minimum absolute atomic E-state index is 0.0144. The smallest absolute Gasteiger partial charge is 0.276 e. The lowest BCUT2D eigenvalue weighted by Gasteiger charge is -2.16. The zero-order valence-electron chi connectivity index (χ0n) is 20.3. The molecule has 4 rings (SSSR count). The van der Waals surface area contributed by atoms with Gasteiger partial charge in [0.1, 0.15) is 5.82 Å². The van der Waals surface area contributed by atoms with Gasteiger partial charge in [-0.25, -0.2) is 4.98 Å². The molecule has 0 spiro atoms. The van der Waals surface area contributed by atoms with Crippen molar-refractivity contribution in [2.45, 2.75) is 26.2 Å². The number of hydrogen-bond acceptors (Lipinski definition) is 5. The van der Waals surface area contributed by atoms with Crippen LogP contribution in [0.2, 0.25) is 0 Å². The van der Waals surface area contributed by atoms with Crippen LogP contribution in [0.15, 0.2) is 77.7 Å². The van der Waals surface area contributed by atoms with Gasteiger partial charge in [0, 0.05) is 25.7 Å². The molecule has 178 valence electrons. The third kappa shape index (κ3) is 4.84. The van der Waals surface area contributed by atoms with Crippen molar-refractivity contribution in [2.75, 3.05) is 14.1 Å². The summed E-state index contributed by atoms with van der Waals surface area (Å²) in [6, 6.07) is 20.0. The Morgan fingerprint density at radius 3 is 2.46 bits per heavy atom. The number of aromatic nitrogens is 2. The highest BCUT2D eigenvalue weighted by Gasteiger charge is 2.18. The first-order valence-electron chi connectivity index (χ1n) is 11.6. The number of nitrogens with zero attached hydrogens (tertiary/aromatic N) is 4. The van der Waals surface area contributed by atoms with E-state index in [1.165, 1.54) is 11.6 Å². The molecule has 0 radical (unpaired) electrons. The van der Waals surface area contributed by atoms with Gasteiger partial charge in [-0.05, 0) is 66.6 Å². The largest absolute Gasteiger partial charge is 0.383 e. The summed E-state index contributed by atoms with van der Waals surface area (Å²) in [6.45, 7) is 4.31. The predicted molar refractivity (Wildman–Crippen MR) is 141 cm³/mol. The molecule has 0 bridgehead atoms. The summed E-state index contributed by atoms with van der Waals surface area (Å²) < 4.78 is 1.59. The van der Waals surface area contributed by atoms with Crippen LogP contribution >= 0.6 is 0 Å². The molecule has 35 heavy (non-hydrogen) atoms. The van der Waals surface area contributed by atoms with Crippen molar-refractivity contribution >= 4 is 22.7 Å². The molecule has 7 heteroatoms. The van der Waals surface area contributed by atoms with Crippen molar-refractivity contribution in [2.24, 2.45) is 0 Å². The molecule has 0 aliphatic carbocycles. The predicted octanol–water partition coefficient (Wildman–Crippen LogP) is 6.01. The molecule has 1 aromatic heterocycles. The Morgan fingerprint density at radius 1 is 1.09 bits per heavy atom. The number of para-hydroxylation sites is 1. The molecule has 1 heterocycles. The Labute approximate surface area is 204 Å². The van der Waals surface area contributed by atoms with E-state index in [0.29, 0.717) is 39.5 Å². The Morgan fingerprint density at radius 2 is 1.80 bits per heavy atom. The molecule has 0 amide bonds. The van der Waals surface area contributed by atoms with Crippen molar-refractivity contribution < 1.29 is 4.92 Å². The van der Waals surface area contributed by atoms with E-state index in [4.69, 9.17) is 4.98 Å². The fraction of sp³-hybridized carbons (Fsp3) is 0.214. The van der Waals surface area contributed by atoms with Crippen LogP contribution < -0.4 is 5.56 Å². The van der Waals surface area contributed by atoms with Gasteiger partial charge in [-0.15, -0.1) is 0 Å². The van der Waals surface area contributed by atoms with Gasteiger partial charge >= 0.3 is 0 Å². The maximum atomic E-state index is 13.7. The molecule has 1 unspecified atom stereocenters. The molecule has 0 aliphatic heterocycles. The van der Waals surface area contributed by atoms with Crippen LogP contribution in [0.25, 0.3) is 34.1 Å². The molecule has 0 N–H and O–H groups in total. The average molecular weight is 469 g/mol. The van der Waals surface area contributed by atoms with E-state index in [1.807, 2.05) is 50.5 Å². The third-order valence-electron chi connectivity index (χ3n) is 6.14. The number of rotatable bonds is 7. The number of nitro benzene ring substituents is 1. The average Bonchev–Trinajstić information content (AvgIpc) is 2.86. The minimum atomic E-state index is -0.409. The molecule has 0 aliphatic rings. The quantitative estimate of drug-likeness (QED) is 0.245. The summed E-state index contributed by atoms with van der Waals surface area (Å²) in [5.41, 5.74) is 3.31. The topological polar surface area (TPSA) is 81.3 Å². The van der Waals surface area contributed by atoms with E-state index >= 15 is 0 Å². The zero-order valence-corrected chi connectivity index (χ0v) is 20.3. The van der Waals surface area contributed by atoms with Crippen molar-refractivity contribution in [3.8, 4) is 17.1 Å². The highest BCUT2D eigenvalue weighted by molar-refractivity contribution is 5.81. The van der Waals surface area contributed by atoms with Crippen molar-refractivity contribution in [1.82, 2.24) is 14.5 Å². The second-order valence-corrected chi connectivity index (χ2v) is 8.80. The van der Waals surface area contributed by atoms with Crippen LogP contribution in [-0.4, -0.2) is 33.5 Å². The van der Waals surface area contributed by atoms with Gasteiger partial charge in [0.05, 0.1) is 27.1 Å².